The van der Waals surface area contributed by atoms with Gasteiger partial charge in [0.05, 0.1) is 11.9 Å². The normalized spacial score (nSPS) is 13.4. The van der Waals surface area contributed by atoms with Crippen LogP contribution in [0.1, 0.15) is 40.7 Å². The highest BCUT2D eigenvalue weighted by Gasteiger charge is 2.19. The van der Waals surface area contributed by atoms with E-state index in [1.54, 1.807) is 10.9 Å². The third kappa shape index (κ3) is 4.95. The van der Waals surface area contributed by atoms with Gasteiger partial charge in [0.25, 0.3) is 5.91 Å². The van der Waals surface area contributed by atoms with Gasteiger partial charge in [-0.15, -0.1) is 0 Å². The molecule has 6 heteroatoms. The van der Waals surface area contributed by atoms with E-state index in [1.807, 2.05) is 65.7 Å². The Bertz CT molecular complexity index is 990. The Morgan fingerprint density at radius 1 is 0.933 bits per heavy atom. The first kappa shape index (κ1) is 19.9. The van der Waals surface area contributed by atoms with Gasteiger partial charge in [0, 0.05) is 31.3 Å². The lowest BCUT2D eigenvalue weighted by Gasteiger charge is -2.15. The largest absolute Gasteiger partial charge is 0.461 e. The zero-order valence-corrected chi connectivity index (χ0v) is 16.9. The number of benzene rings is 2. The van der Waals surface area contributed by atoms with Crippen molar-refractivity contribution in [3.05, 3.63) is 83.7 Å². The number of nitrogens with zero attached hydrogens (tertiary/aromatic N) is 3. The third-order valence-corrected chi connectivity index (χ3v) is 5.27. The van der Waals surface area contributed by atoms with Gasteiger partial charge in [-0.05, 0) is 54.7 Å². The predicted octanol–water partition coefficient (Wildman–Crippen LogP) is 3.78. The molecule has 3 aromatic rings. The Labute approximate surface area is 176 Å². The second kappa shape index (κ2) is 9.39. The van der Waals surface area contributed by atoms with Crippen molar-refractivity contribution in [2.75, 3.05) is 13.1 Å². The quantitative estimate of drug-likeness (QED) is 0.563. The van der Waals surface area contributed by atoms with Gasteiger partial charge in [0.15, 0.2) is 0 Å². The minimum atomic E-state index is -0.250. The molecule has 1 aliphatic rings. The minimum absolute atomic E-state index is 0.0760. The molecule has 6 nitrogen and oxygen atoms in total. The van der Waals surface area contributed by atoms with Crippen molar-refractivity contribution >= 4 is 11.9 Å². The molecule has 0 spiro atoms. The third-order valence-electron chi connectivity index (χ3n) is 5.27. The molecule has 154 valence electrons. The van der Waals surface area contributed by atoms with Gasteiger partial charge in [0.2, 0.25) is 0 Å². The fourth-order valence-corrected chi connectivity index (χ4v) is 3.54. The number of likely N-dealkylation sites (tertiary alicyclic amines) is 1. The molecular formula is C24H25N3O3. The molecule has 2 heterocycles. The maximum absolute atomic E-state index is 12.4. The molecule has 0 atom stereocenters. The minimum Gasteiger partial charge on any atom is -0.461 e. The van der Waals surface area contributed by atoms with Crippen molar-refractivity contribution in [2.24, 2.45) is 0 Å². The topological polar surface area (TPSA) is 64.4 Å². The summed E-state index contributed by atoms with van der Waals surface area (Å²) in [7, 11) is 0. The summed E-state index contributed by atoms with van der Waals surface area (Å²) < 4.78 is 7.18. The van der Waals surface area contributed by atoms with Gasteiger partial charge in [-0.25, -0.2) is 4.68 Å². The lowest BCUT2D eigenvalue weighted by atomic mass is 10.1. The summed E-state index contributed by atoms with van der Waals surface area (Å²) in [4.78, 5) is 26.4. The lowest BCUT2D eigenvalue weighted by Crippen LogP contribution is -2.27. The zero-order chi connectivity index (χ0) is 20.8. The van der Waals surface area contributed by atoms with Gasteiger partial charge in [-0.2, -0.15) is 5.10 Å². The van der Waals surface area contributed by atoms with E-state index in [2.05, 4.69) is 5.10 Å². The number of para-hydroxylation sites is 1. The maximum atomic E-state index is 12.4. The van der Waals surface area contributed by atoms with Gasteiger partial charge < -0.3 is 9.64 Å². The van der Waals surface area contributed by atoms with E-state index in [0.717, 1.165) is 42.7 Å². The predicted molar refractivity (Wildman–Crippen MR) is 113 cm³/mol. The monoisotopic (exact) mass is 403 g/mol. The molecular weight excluding hydrogens is 378 g/mol. The zero-order valence-electron chi connectivity index (χ0n) is 16.9. The molecule has 0 aliphatic carbocycles. The number of carbonyl (C=O) groups excluding carboxylic acids is 2. The van der Waals surface area contributed by atoms with Gasteiger partial charge >= 0.3 is 5.97 Å². The van der Waals surface area contributed by atoms with E-state index in [9.17, 15) is 9.59 Å². The molecule has 30 heavy (non-hydrogen) atoms. The fourth-order valence-electron chi connectivity index (χ4n) is 3.54. The Morgan fingerprint density at radius 2 is 1.67 bits per heavy atom. The van der Waals surface area contributed by atoms with Crippen LogP contribution < -0.4 is 0 Å². The molecule has 1 fully saturated rings. The summed E-state index contributed by atoms with van der Waals surface area (Å²) in [5, 5.41) is 4.34. The van der Waals surface area contributed by atoms with Crippen LogP contribution in [0.15, 0.2) is 67.0 Å². The second-order valence-electron chi connectivity index (χ2n) is 7.49. The number of aryl methyl sites for hydroxylation is 1. The SMILES string of the molecule is O=C(CCc1cnn(-c2ccccc2)c1)OCc1ccc(C(=O)N2CCCC2)cc1. The van der Waals surface area contributed by atoms with Crippen LogP contribution in [0.25, 0.3) is 5.69 Å². The van der Waals surface area contributed by atoms with Crippen molar-refractivity contribution in [3.63, 3.8) is 0 Å². The first-order valence-corrected chi connectivity index (χ1v) is 10.3. The van der Waals surface area contributed by atoms with Crippen molar-refractivity contribution in [2.45, 2.75) is 32.3 Å². The maximum Gasteiger partial charge on any atom is 0.306 e. The van der Waals surface area contributed by atoms with Crippen LogP contribution in [0, 0.1) is 0 Å². The number of rotatable bonds is 7. The van der Waals surface area contributed by atoms with Crippen LogP contribution in [-0.2, 0) is 22.6 Å². The smallest absolute Gasteiger partial charge is 0.306 e. The van der Waals surface area contributed by atoms with E-state index in [-0.39, 0.29) is 18.5 Å². The molecule has 0 unspecified atom stereocenters. The Balaban J connectivity index is 1.23. The van der Waals surface area contributed by atoms with Gasteiger partial charge in [-0.3, -0.25) is 9.59 Å². The molecule has 4 rings (SSSR count). The van der Waals surface area contributed by atoms with Crippen LogP contribution in [0.2, 0.25) is 0 Å². The van der Waals surface area contributed by atoms with Gasteiger partial charge in [-0.1, -0.05) is 30.3 Å². The van der Waals surface area contributed by atoms with Gasteiger partial charge in [0.1, 0.15) is 6.61 Å². The van der Waals surface area contributed by atoms with Crippen molar-refractivity contribution < 1.29 is 14.3 Å². The Hall–Kier alpha value is -3.41. The highest BCUT2D eigenvalue weighted by molar-refractivity contribution is 5.94. The number of aromatic nitrogens is 2. The van der Waals surface area contributed by atoms with Crippen LogP contribution in [0.3, 0.4) is 0 Å². The number of amides is 1. The Morgan fingerprint density at radius 3 is 2.40 bits per heavy atom. The van der Waals surface area contributed by atoms with Crippen molar-refractivity contribution in [1.29, 1.82) is 0 Å². The number of hydrogen-bond donors (Lipinski definition) is 0. The van der Waals surface area contributed by atoms with Crippen molar-refractivity contribution in [1.82, 2.24) is 14.7 Å². The standard InChI is InChI=1S/C24H25N3O3/c28-23(13-10-20-16-25-27(17-20)22-6-2-1-3-7-22)30-18-19-8-11-21(12-9-19)24(29)26-14-4-5-15-26/h1-3,6-9,11-12,16-17H,4-5,10,13-15,18H2. The number of hydrogen-bond acceptors (Lipinski definition) is 4. The van der Waals surface area contributed by atoms with E-state index in [1.165, 1.54) is 0 Å². The lowest BCUT2D eigenvalue weighted by molar-refractivity contribution is -0.144. The fraction of sp³-hybridized carbons (Fsp3) is 0.292. The van der Waals surface area contributed by atoms with Crippen molar-refractivity contribution in [3.8, 4) is 5.69 Å². The summed E-state index contributed by atoms with van der Waals surface area (Å²) in [5.74, 6) is -0.174. The van der Waals surface area contributed by atoms with E-state index in [0.29, 0.717) is 18.4 Å². The first-order valence-electron chi connectivity index (χ1n) is 10.3. The molecule has 0 radical (unpaired) electrons. The molecule has 1 amide bonds. The number of ether oxygens (including phenoxy) is 1. The van der Waals surface area contributed by atoms with Crippen LogP contribution >= 0.6 is 0 Å². The molecule has 1 aromatic heterocycles. The summed E-state index contributed by atoms with van der Waals surface area (Å²) >= 11 is 0. The second-order valence-corrected chi connectivity index (χ2v) is 7.49. The average molecular weight is 403 g/mol. The summed E-state index contributed by atoms with van der Waals surface area (Å²) in [6, 6.07) is 17.2. The summed E-state index contributed by atoms with van der Waals surface area (Å²) in [6.45, 7) is 1.88. The molecule has 0 bridgehead atoms. The average Bonchev–Trinajstić information content (AvgIpc) is 3.49. The summed E-state index contributed by atoms with van der Waals surface area (Å²) in [5.41, 5.74) is 3.53. The van der Waals surface area contributed by atoms with E-state index < -0.39 is 0 Å². The Kier molecular flexibility index (Phi) is 6.23. The molecule has 1 aliphatic heterocycles. The highest BCUT2D eigenvalue weighted by atomic mass is 16.5. The molecule has 1 saturated heterocycles. The van der Waals surface area contributed by atoms with E-state index in [4.69, 9.17) is 4.74 Å². The molecule has 0 N–H and O–H groups in total. The number of esters is 1. The van der Waals surface area contributed by atoms with Crippen LogP contribution in [-0.4, -0.2) is 39.6 Å². The van der Waals surface area contributed by atoms with Crippen LogP contribution in [0.4, 0.5) is 0 Å². The first-order chi connectivity index (χ1) is 14.7. The summed E-state index contributed by atoms with van der Waals surface area (Å²) in [6.07, 6.45) is 6.73. The molecule has 0 saturated carbocycles. The number of carbonyl (C=O) groups is 2. The molecule has 2 aromatic carbocycles. The van der Waals surface area contributed by atoms with E-state index >= 15 is 0 Å². The van der Waals surface area contributed by atoms with Crippen LogP contribution in [0.5, 0.6) is 0 Å². The highest BCUT2D eigenvalue weighted by Crippen LogP contribution is 2.14.